The number of ketones is 1. The van der Waals surface area contributed by atoms with E-state index in [1.54, 1.807) is 20.8 Å². The topological polar surface area (TPSA) is 52.6 Å². The zero-order chi connectivity index (χ0) is 12.0. The molecule has 0 saturated heterocycles. The second-order valence-corrected chi connectivity index (χ2v) is 4.27. The summed E-state index contributed by atoms with van der Waals surface area (Å²) < 4.78 is 9.60. The second kappa shape index (κ2) is 6.43. The highest BCUT2D eigenvalue weighted by Crippen LogP contribution is 2.05. The van der Waals surface area contributed by atoms with Crippen LogP contribution in [0.4, 0.5) is 4.79 Å². The Hall–Kier alpha value is -1.06. The van der Waals surface area contributed by atoms with E-state index in [4.69, 9.17) is 9.47 Å². The van der Waals surface area contributed by atoms with Crippen molar-refractivity contribution >= 4 is 11.9 Å². The van der Waals surface area contributed by atoms with Crippen LogP contribution < -0.4 is 0 Å². The van der Waals surface area contributed by atoms with Gasteiger partial charge in [-0.3, -0.25) is 4.79 Å². The molecule has 0 radical (unpaired) electrons. The standard InChI is InChI=1S/C11H20O4/c1-7(2)6-14-11(13)15-9(5)10(12)8(3)4/h7-9H,6H2,1-5H3. The largest absolute Gasteiger partial charge is 0.508 e. The van der Waals surface area contributed by atoms with Crippen molar-refractivity contribution in [3.63, 3.8) is 0 Å². The van der Waals surface area contributed by atoms with Gasteiger partial charge in [-0.2, -0.15) is 0 Å². The Morgan fingerprint density at radius 1 is 1.07 bits per heavy atom. The normalized spacial score (nSPS) is 12.7. The number of hydrogen-bond donors (Lipinski definition) is 0. The third-order valence-electron chi connectivity index (χ3n) is 1.78. The van der Waals surface area contributed by atoms with Gasteiger partial charge in [-0.15, -0.1) is 0 Å². The van der Waals surface area contributed by atoms with E-state index in [0.29, 0.717) is 6.61 Å². The summed E-state index contributed by atoms with van der Waals surface area (Å²) in [7, 11) is 0. The van der Waals surface area contributed by atoms with Crippen molar-refractivity contribution in [3.8, 4) is 0 Å². The van der Waals surface area contributed by atoms with Crippen LogP contribution in [0.5, 0.6) is 0 Å². The van der Waals surface area contributed by atoms with Crippen LogP contribution in [0.1, 0.15) is 34.6 Å². The fraction of sp³-hybridized carbons (Fsp3) is 0.818. The zero-order valence-corrected chi connectivity index (χ0v) is 10.1. The molecular weight excluding hydrogens is 196 g/mol. The van der Waals surface area contributed by atoms with Crippen LogP contribution in [0.3, 0.4) is 0 Å². The van der Waals surface area contributed by atoms with Gasteiger partial charge >= 0.3 is 6.16 Å². The number of ether oxygens (including phenoxy) is 2. The fourth-order valence-electron chi connectivity index (χ4n) is 0.941. The summed E-state index contributed by atoms with van der Waals surface area (Å²) in [5.41, 5.74) is 0. The van der Waals surface area contributed by atoms with Gasteiger partial charge in [0.2, 0.25) is 0 Å². The molecule has 0 spiro atoms. The molecule has 0 aliphatic carbocycles. The molecular formula is C11H20O4. The Bertz CT molecular complexity index is 221. The van der Waals surface area contributed by atoms with Crippen molar-refractivity contribution in [1.29, 1.82) is 0 Å². The third kappa shape index (κ3) is 6.10. The Balaban J connectivity index is 3.91. The maximum Gasteiger partial charge on any atom is 0.508 e. The summed E-state index contributed by atoms with van der Waals surface area (Å²) in [5, 5.41) is 0. The molecule has 88 valence electrons. The fourth-order valence-corrected chi connectivity index (χ4v) is 0.941. The molecule has 1 atom stereocenters. The summed E-state index contributed by atoms with van der Waals surface area (Å²) in [4.78, 5) is 22.5. The second-order valence-electron chi connectivity index (χ2n) is 4.27. The van der Waals surface area contributed by atoms with Crippen LogP contribution in [-0.4, -0.2) is 24.6 Å². The molecule has 1 unspecified atom stereocenters. The number of Topliss-reactive ketones (excluding diaryl/α,β-unsaturated/α-hetero) is 1. The molecule has 0 aliphatic heterocycles. The average molecular weight is 216 g/mol. The van der Waals surface area contributed by atoms with Gasteiger partial charge in [0, 0.05) is 5.92 Å². The number of carbonyl (C=O) groups excluding carboxylic acids is 2. The van der Waals surface area contributed by atoms with Crippen LogP contribution in [0.2, 0.25) is 0 Å². The van der Waals surface area contributed by atoms with E-state index in [-0.39, 0.29) is 17.6 Å². The van der Waals surface area contributed by atoms with Gasteiger partial charge in [-0.1, -0.05) is 27.7 Å². The minimum absolute atomic E-state index is 0.100. The van der Waals surface area contributed by atoms with E-state index in [1.165, 1.54) is 0 Å². The predicted molar refractivity (Wildman–Crippen MR) is 56.6 cm³/mol. The predicted octanol–water partition coefficient (Wildman–Crippen LogP) is 2.41. The van der Waals surface area contributed by atoms with Gasteiger partial charge in [0.25, 0.3) is 0 Å². The van der Waals surface area contributed by atoms with E-state index < -0.39 is 12.3 Å². The lowest BCUT2D eigenvalue weighted by atomic mass is 10.1. The molecule has 0 fully saturated rings. The molecule has 0 N–H and O–H groups in total. The van der Waals surface area contributed by atoms with E-state index in [1.807, 2.05) is 13.8 Å². The molecule has 0 aliphatic rings. The molecule has 0 aromatic rings. The highest BCUT2D eigenvalue weighted by molar-refractivity contribution is 5.85. The maximum atomic E-state index is 11.4. The Morgan fingerprint density at radius 2 is 1.60 bits per heavy atom. The molecule has 4 heteroatoms. The summed E-state index contributed by atoms with van der Waals surface area (Å²) >= 11 is 0. The average Bonchev–Trinajstić information content (AvgIpc) is 2.13. The molecule has 0 rings (SSSR count). The van der Waals surface area contributed by atoms with E-state index in [2.05, 4.69) is 0 Å². The van der Waals surface area contributed by atoms with E-state index >= 15 is 0 Å². The molecule has 0 bridgehead atoms. The van der Waals surface area contributed by atoms with Crippen LogP contribution in [0, 0.1) is 11.8 Å². The van der Waals surface area contributed by atoms with Gasteiger partial charge in [0.15, 0.2) is 11.9 Å². The summed E-state index contributed by atoms with van der Waals surface area (Å²) in [6, 6.07) is 0. The van der Waals surface area contributed by atoms with Gasteiger partial charge < -0.3 is 9.47 Å². The minimum Gasteiger partial charge on any atom is -0.434 e. The number of carbonyl (C=O) groups is 2. The van der Waals surface area contributed by atoms with Gasteiger partial charge in [0.1, 0.15) is 0 Å². The SMILES string of the molecule is CC(C)COC(=O)OC(C)C(=O)C(C)C. The zero-order valence-electron chi connectivity index (χ0n) is 10.1. The molecule has 0 heterocycles. The van der Waals surface area contributed by atoms with Crippen LogP contribution in [-0.2, 0) is 14.3 Å². The van der Waals surface area contributed by atoms with Crippen molar-refractivity contribution in [2.45, 2.75) is 40.7 Å². The van der Waals surface area contributed by atoms with E-state index in [0.717, 1.165) is 0 Å². The smallest absolute Gasteiger partial charge is 0.434 e. The van der Waals surface area contributed by atoms with Gasteiger partial charge in [0.05, 0.1) is 6.61 Å². The molecule has 0 saturated carbocycles. The maximum absolute atomic E-state index is 11.4. The number of hydrogen-bond acceptors (Lipinski definition) is 4. The highest BCUT2D eigenvalue weighted by atomic mass is 16.7. The van der Waals surface area contributed by atoms with Gasteiger partial charge in [-0.25, -0.2) is 4.79 Å². The molecule has 4 nitrogen and oxygen atoms in total. The van der Waals surface area contributed by atoms with Crippen LogP contribution >= 0.6 is 0 Å². The summed E-state index contributed by atoms with van der Waals surface area (Å²) in [6.07, 6.45) is -1.50. The van der Waals surface area contributed by atoms with Crippen LogP contribution in [0.15, 0.2) is 0 Å². The van der Waals surface area contributed by atoms with Crippen molar-refractivity contribution in [2.75, 3.05) is 6.61 Å². The molecule has 15 heavy (non-hydrogen) atoms. The quantitative estimate of drug-likeness (QED) is 0.662. The lowest BCUT2D eigenvalue weighted by molar-refractivity contribution is -0.130. The first-order valence-electron chi connectivity index (χ1n) is 5.21. The first-order valence-corrected chi connectivity index (χ1v) is 5.21. The van der Waals surface area contributed by atoms with Crippen molar-refractivity contribution in [1.82, 2.24) is 0 Å². The monoisotopic (exact) mass is 216 g/mol. The van der Waals surface area contributed by atoms with Crippen molar-refractivity contribution in [2.24, 2.45) is 11.8 Å². The Labute approximate surface area is 90.9 Å². The first-order chi connectivity index (χ1) is 6.84. The van der Waals surface area contributed by atoms with E-state index in [9.17, 15) is 9.59 Å². The molecule has 0 amide bonds. The van der Waals surface area contributed by atoms with Gasteiger partial charge in [-0.05, 0) is 12.8 Å². The lowest BCUT2D eigenvalue weighted by Crippen LogP contribution is -2.28. The molecule has 0 aromatic carbocycles. The lowest BCUT2D eigenvalue weighted by Gasteiger charge is -2.14. The third-order valence-corrected chi connectivity index (χ3v) is 1.78. The molecule has 0 aromatic heterocycles. The Kier molecular flexibility index (Phi) is 5.97. The first kappa shape index (κ1) is 13.9. The highest BCUT2D eigenvalue weighted by Gasteiger charge is 2.21. The summed E-state index contributed by atoms with van der Waals surface area (Å²) in [5.74, 6) is 0.0167. The summed E-state index contributed by atoms with van der Waals surface area (Å²) in [6.45, 7) is 9.25. The van der Waals surface area contributed by atoms with Crippen molar-refractivity contribution < 1.29 is 19.1 Å². The number of rotatable bonds is 5. The minimum atomic E-state index is -0.773. The van der Waals surface area contributed by atoms with Crippen molar-refractivity contribution in [3.05, 3.63) is 0 Å². The Morgan fingerprint density at radius 3 is 2.00 bits per heavy atom. The van der Waals surface area contributed by atoms with Crippen LogP contribution in [0.25, 0.3) is 0 Å².